The number of nitrogens with zero attached hydrogens (tertiary/aromatic N) is 1. The van der Waals surface area contributed by atoms with Crippen molar-refractivity contribution in [3.8, 4) is 0 Å². The molecule has 2 N–H and O–H groups in total. The lowest BCUT2D eigenvalue weighted by atomic mass is 10.0. The van der Waals surface area contributed by atoms with Crippen LogP contribution >= 0.6 is 0 Å². The van der Waals surface area contributed by atoms with Crippen molar-refractivity contribution in [1.29, 1.82) is 0 Å². The minimum absolute atomic E-state index is 0.0162. The molecule has 2 unspecified atom stereocenters. The Kier molecular flexibility index (Phi) is 10.5. The molecule has 0 aromatic heterocycles. The first-order valence-electron chi connectivity index (χ1n) is 12.3. The van der Waals surface area contributed by atoms with E-state index in [0.29, 0.717) is 6.42 Å². The molecular formula is C26H37N3O8. The number of hydrogen-bond donors (Lipinski definition) is 2. The molecule has 2 rings (SSSR count). The van der Waals surface area contributed by atoms with Gasteiger partial charge in [-0.1, -0.05) is 44.2 Å². The van der Waals surface area contributed by atoms with Gasteiger partial charge in [0, 0.05) is 0 Å². The van der Waals surface area contributed by atoms with Crippen molar-refractivity contribution >= 4 is 29.8 Å². The summed E-state index contributed by atoms with van der Waals surface area (Å²) >= 11 is 0. The Labute approximate surface area is 217 Å². The first-order valence-corrected chi connectivity index (χ1v) is 12.3. The van der Waals surface area contributed by atoms with E-state index in [9.17, 15) is 24.0 Å². The number of amides is 3. The molecule has 1 saturated heterocycles. The van der Waals surface area contributed by atoms with E-state index in [0.717, 1.165) is 10.5 Å². The molecule has 0 spiro atoms. The van der Waals surface area contributed by atoms with E-state index in [2.05, 4.69) is 10.6 Å². The van der Waals surface area contributed by atoms with Gasteiger partial charge in [0.2, 0.25) is 11.8 Å². The smallest absolute Gasteiger partial charge is 0.408 e. The van der Waals surface area contributed by atoms with Crippen LogP contribution in [0.25, 0.3) is 0 Å². The monoisotopic (exact) mass is 519 g/mol. The maximum atomic E-state index is 12.9. The first kappa shape index (κ1) is 29.6. The van der Waals surface area contributed by atoms with Gasteiger partial charge in [-0.05, 0) is 45.6 Å². The summed E-state index contributed by atoms with van der Waals surface area (Å²) in [5, 5.41) is 5.01. The fraction of sp³-hybridized carbons (Fsp3) is 0.577. The number of alkyl carbamates (subject to hydrolysis) is 1. The number of esters is 2. The van der Waals surface area contributed by atoms with Crippen molar-refractivity contribution in [2.75, 3.05) is 13.2 Å². The van der Waals surface area contributed by atoms with Crippen LogP contribution in [0.2, 0.25) is 0 Å². The Hall–Kier alpha value is -3.63. The topological polar surface area (TPSA) is 140 Å². The standard InChI is InChI=1S/C26H37N3O8/c1-7-35-23(32)20-21(24(33)36-15-17-11-9-8-10-12-17)29(20)19(30)14-27-22(31)18(13-16(2)3)28-25(34)37-26(4,5)6/h8-12,16,18,20-21H,7,13-15H2,1-6H3,(H,27,31)(H,28,34)/t18-,20?,21?,29?/m0/s1. The van der Waals surface area contributed by atoms with Crippen LogP contribution in [0.4, 0.5) is 4.79 Å². The van der Waals surface area contributed by atoms with Gasteiger partial charge in [-0.25, -0.2) is 14.4 Å². The zero-order chi connectivity index (χ0) is 27.8. The second kappa shape index (κ2) is 13.1. The Morgan fingerprint density at radius 3 is 2.11 bits per heavy atom. The van der Waals surface area contributed by atoms with Crippen molar-refractivity contribution in [1.82, 2.24) is 15.5 Å². The molecule has 11 heteroatoms. The third kappa shape index (κ3) is 9.40. The number of carbonyl (C=O) groups is 5. The van der Waals surface area contributed by atoms with Crippen LogP contribution in [0, 0.1) is 5.92 Å². The van der Waals surface area contributed by atoms with Crippen LogP contribution in [0.15, 0.2) is 30.3 Å². The lowest BCUT2D eigenvalue weighted by Gasteiger charge is -2.24. The number of nitrogens with one attached hydrogen (secondary N) is 2. The predicted octanol–water partition coefficient (Wildman–Crippen LogP) is 1.93. The Morgan fingerprint density at radius 1 is 0.973 bits per heavy atom. The molecule has 1 fully saturated rings. The normalized spacial score (nSPS) is 17.4. The Balaban J connectivity index is 2.00. The van der Waals surface area contributed by atoms with Gasteiger partial charge in [-0.3, -0.25) is 9.59 Å². The summed E-state index contributed by atoms with van der Waals surface area (Å²) in [6.45, 7) is 10.1. The maximum Gasteiger partial charge on any atom is 0.408 e. The van der Waals surface area contributed by atoms with E-state index >= 15 is 0 Å². The van der Waals surface area contributed by atoms with E-state index in [1.165, 1.54) is 0 Å². The third-order valence-corrected chi connectivity index (χ3v) is 5.22. The van der Waals surface area contributed by atoms with Crippen molar-refractivity contribution in [2.45, 2.75) is 78.3 Å². The van der Waals surface area contributed by atoms with Gasteiger partial charge >= 0.3 is 18.0 Å². The van der Waals surface area contributed by atoms with Gasteiger partial charge in [0.25, 0.3) is 0 Å². The average Bonchev–Trinajstić information content (AvgIpc) is 3.56. The molecule has 1 aliphatic rings. The van der Waals surface area contributed by atoms with Crippen molar-refractivity contribution in [3.63, 3.8) is 0 Å². The highest BCUT2D eigenvalue weighted by atomic mass is 16.6. The summed E-state index contributed by atoms with van der Waals surface area (Å²) in [4.78, 5) is 63.8. The molecule has 1 aliphatic heterocycles. The van der Waals surface area contributed by atoms with Crippen LogP contribution in [0.1, 0.15) is 53.5 Å². The molecule has 0 radical (unpaired) electrons. The maximum absolute atomic E-state index is 12.9. The van der Waals surface area contributed by atoms with Crippen molar-refractivity contribution in [2.24, 2.45) is 5.92 Å². The predicted molar refractivity (Wildman–Crippen MR) is 133 cm³/mol. The van der Waals surface area contributed by atoms with Gasteiger partial charge < -0.3 is 29.7 Å². The SMILES string of the molecule is CCOC(=O)C1C(C(=O)OCc2ccccc2)N1C(=O)CNC(=O)[C@H](CC(C)C)NC(=O)OC(C)(C)C. The summed E-state index contributed by atoms with van der Waals surface area (Å²) in [7, 11) is 0. The molecule has 11 nitrogen and oxygen atoms in total. The summed E-state index contributed by atoms with van der Waals surface area (Å²) in [6.07, 6.45) is -0.447. The van der Waals surface area contributed by atoms with E-state index in [-0.39, 0.29) is 19.1 Å². The van der Waals surface area contributed by atoms with Gasteiger partial charge in [0.05, 0.1) is 13.2 Å². The van der Waals surface area contributed by atoms with Gasteiger partial charge in [0.1, 0.15) is 18.2 Å². The fourth-order valence-corrected chi connectivity index (χ4v) is 3.60. The summed E-state index contributed by atoms with van der Waals surface area (Å²) in [5.74, 6) is -2.66. The van der Waals surface area contributed by atoms with Crippen LogP contribution in [-0.2, 0) is 40.0 Å². The second-order valence-electron chi connectivity index (χ2n) is 10.1. The molecular weight excluding hydrogens is 482 g/mol. The van der Waals surface area contributed by atoms with Crippen molar-refractivity contribution in [3.05, 3.63) is 35.9 Å². The van der Waals surface area contributed by atoms with Gasteiger partial charge in [-0.15, -0.1) is 0 Å². The third-order valence-electron chi connectivity index (χ3n) is 5.22. The molecule has 37 heavy (non-hydrogen) atoms. The molecule has 1 heterocycles. The van der Waals surface area contributed by atoms with Crippen LogP contribution < -0.4 is 10.6 Å². The quantitative estimate of drug-likeness (QED) is 0.257. The molecule has 3 atom stereocenters. The Bertz CT molecular complexity index is 974. The summed E-state index contributed by atoms with van der Waals surface area (Å²) in [5.41, 5.74) is 0.00715. The number of hydrogen-bond acceptors (Lipinski definition) is 8. The molecule has 0 aliphatic carbocycles. The number of rotatable bonds is 11. The van der Waals surface area contributed by atoms with Gasteiger partial charge in [-0.2, -0.15) is 0 Å². The molecule has 204 valence electrons. The largest absolute Gasteiger partial charge is 0.464 e. The molecule has 3 amide bonds. The van der Waals surface area contributed by atoms with E-state index in [4.69, 9.17) is 14.2 Å². The molecule has 1 aromatic rings. The van der Waals surface area contributed by atoms with Crippen LogP contribution in [0.3, 0.4) is 0 Å². The highest BCUT2D eigenvalue weighted by Crippen LogP contribution is 2.31. The van der Waals surface area contributed by atoms with Crippen LogP contribution in [-0.4, -0.2) is 71.6 Å². The molecule has 0 saturated carbocycles. The number of ether oxygens (including phenoxy) is 3. The van der Waals surface area contributed by atoms with E-state index in [1.807, 2.05) is 19.9 Å². The molecule has 0 bridgehead atoms. The average molecular weight is 520 g/mol. The molecule has 1 aromatic carbocycles. The lowest BCUT2D eigenvalue weighted by Crippen LogP contribution is -2.50. The number of carbonyl (C=O) groups excluding carboxylic acids is 5. The highest BCUT2D eigenvalue weighted by Gasteiger charge is 2.61. The fourth-order valence-electron chi connectivity index (χ4n) is 3.60. The van der Waals surface area contributed by atoms with E-state index in [1.54, 1.807) is 52.0 Å². The highest BCUT2D eigenvalue weighted by molar-refractivity contribution is 6.02. The van der Waals surface area contributed by atoms with Gasteiger partial charge in [0.15, 0.2) is 12.1 Å². The minimum Gasteiger partial charge on any atom is -0.464 e. The lowest BCUT2D eigenvalue weighted by molar-refractivity contribution is -0.148. The minimum atomic E-state index is -1.14. The summed E-state index contributed by atoms with van der Waals surface area (Å²) < 4.78 is 15.5. The summed E-state index contributed by atoms with van der Waals surface area (Å²) in [6, 6.07) is 5.77. The van der Waals surface area contributed by atoms with Crippen molar-refractivity contribution < 1.29 is 38.2 Å². The number of benzene rings is 1. The zero-order valence-electron chi connectivity index (χ0n) is 22.2. The van der Waals surface area contributed by atoms with E-state index < -0.39 is 60.1 Å². The zero-order valence-corrected chi connectivity index (χ0v) is 22.2. The second-order valence-corrected chi connectivity index (χ2v) is 10.1. The first-order chi connectivity index (χ1) is 17.3. The van der Waals surface area contributed by atoms with Crippen LogP contribution in [0.5, 0.6) is 0 Å². The Morgan fingerprint density at radius 2 is 1.57 bits per heavy atom.